The quantitative estimate of drug-likeness (QED) is 0.294. The lowest BCUT2D eigenvalue weighted by molar-refractivity contribution is -0.145. The van der Waals surface area contributed by atoms with Gasteiger partial charge in [-0.2, -0.15) is 0 Å². The van der Waals surface area contributed by atoms with E-state index in [9.17, 15) is 9.90 Å². The summed E-state index contributed by atoms with van der Waals surface area (Å²) in [4.78, 5) is 11.8. The zero-order valence-electron chi connectivity index (χ0n) is 22.9. The molecular formula is C30H48O4. The van der Waals surface area contributed by atoms with Crippen molar-refractivity contribution >= 4 is 5.97 Å². The molecule has 0 saturated heterocycles. The number of carbonyl (C=O) groups is 1. The Morgan fingerprint density at radius 1 is 1.09 bits per heavy atom. The summed E-state index contributed by atoms with van der Waals surface area (Å²) in [5.41, 5.74) is 3.89. The van der Waals surface area contributed by atoms with E-state index < -0.39 is 12.1 Å². The van der Waals surface area contributed by atoms with Gasteiger partial charge in [0.15, 0.2) is 6.10 Å². The normalized spacial score (nSPS) is 19.7. The molecule has 1 N–H and O–H groups in total. The number of hydrogen-bond donors (Lipinski definition) is 1. The number of hydrogen-bond acceptors (Lipinski definition) is 3. The molecule has 34 heavy (non-hydrogen) atoms. The molecular weight excluding hydrogens is 424 g/mol. The van der Waals surface area contributed by atoms with Gasteiger partial charge in [0.1, 0.15) is 17.1 Å². The lowest BCUT2D eigenvalue weighted by Gasteiger charge is -2.36. The highest BCUT2D eigenvalue weighted by atomic mass is 16.5. The fourth-order valence-electron chi connectivity index (χ4n) is 4.85. The Bertz CT molecular complexity index is 854. The van der Waals surface area contributed by atoms with Gasteiger partial charge in [-0.3, -0.25) is 0 Å². The maximum absolute atomic E-state index is 11.8. The molecule has 192 valence electrons. The number of carboxylic acid groups (broad SMARTS) is 1. The third kappa shape index (κ3) is 7.52. The molecule has 0 spiro atoms. The van der Waals surface area contributed by atoms with E-state index in [0.29, 0.717) is 12.3 Å². The zero-order valence-corrected chi connectivity index (χ0v) is 22.9. The number of ether oxygens (including phenoxy) is 2. The minimum absolute atomic E-state index is 0.318. The van der Waals surface area contributed by atoms with Crippen molar-refractivity contribution in [2.24, 2.45) is 11.8 Å². The maximum atomic E-state index is 11.8. The van der Waals surface area contributed by atoms with E-state index >= 15 is 0 Å². The Morgan fingerprint density at radius 3 is 2.41 bits per heavy atom. The summed E-state index contributed by atoms with van der Waals surface area (Å²) in [7, 11) is 0. The van der Waals surface area contributed by atoms with E-state index in [1.54, 1.807) is 0 Å². The van der Waals surface area contributed by atoms with Crippen LogP contribution >= 0.6 is 0 Å². The van der Waals surface area contributed by atoms with Crippen LogP contribution in [0.25, 0.3) is 0 Å². The molecule has 1 aromatic carbocycles. The first-order valence-corrected chi connectivity index (χ1v) is 13.4. The third-order valence-corrected chi connectivity index (χ3v) is 7.36. The first-order chi connectivity index (χ1) is 16.0. The van der Waals surface area contributed by atoms with Gasteiger partial charge in [-0.15, -0.1) is 0 Å². The van der Waals surface area contributed by atoms with Crippen LogP contribution in [0.2, 0.25) is 0 Å². The van der Waals surface area contributed by atoms with Crippen molar-refractivity contribution in [3.05, 3.63) is 34.4 Å². The summed E-state index contributed by atoms with van der Waals surface area (Å²) >= 11 is 0. The predicted octanol–water partition coefficient (Wildman–Crippen LogP) is 8.13. The number of fused-ring (bicyclic) bond motifs is 1. The number of allylic oxidation sites excluding steroid dienone is 1. The SMILES string of the molecule is CCCCC(Oc1c(C)c(C)c2c(c1C)CCC(C)(C=CCC(C)CCCC(C)C)O2)C(=O)O. The van der Waals surface area contributed by atoms with Gasteiger partial charge in [-0.25, -0.2) is 4.79 Å². The molecule has 1 aliphatic heterocycles. The summed E-state index contributed by atoms with van der Waals surface area (Å²) in [6.45, 7) is 17.3. The van der Waals surface area contributed by atoms with Crippen molar-refractivity contribution < 1.29 is 19.4 Å². The first kappa shape index (κ1) is 28.3. The zero-order chi connectivity index (χ0) is 25.5. The van der Waals surface area contributed by atoms with Crippen LogP contribution in [-0.4, -0.2) is 22.8 Å². The standard InChI is InChI=1S/C30H48O4/c1-9-10-16-26(29(31)32)33-27-22(5)23(6)28-25(24(27)7)17-19-30(8,34-28)18-12-15-21(4)14-11-13-20(2)3/h12,18,20-21,26H,9-11,13-17,19H2,1-8H3,(H,31,32). The fourth-order valence-corrected chi connectivity index (χ4v) is 4.85. The third-order valence-electron chi connectivity index (χ3n) is 7.36. The molecule has 0 amide bonds. The van der Waals surface area contributed by atoms with Crippen molar-refractivity contribution in [3.63, 3.8) is 0 Å². The van der Waals surface area contributed by atoms with Crippen LogP contribution in [0.15, 0.2) is 12.2 Å². The fraction of sp³-hybridized carbons (Fsp3) is 0.700. The summed E-state index contributed by atoms with van der Waals surface area (Å²) in [6, 6.07) is 0. The highest BCUT2D eigenvalue weighted by molar-refractivity contribution is 5.73. The van der Waals surface area contributed by atoms with E-state index in [1.807, 2.05) is 13.8 Å². The Morgan fingerprint density at radius 2 is 1.79 bits per heavy atom. The highest BCUT2D eigenvalue weighted by Crippen LogP contribution is 2.44. The minimum Gasteiger partial charge on any atom is -0.483 e. The van der Waals surface area contributed by atoms with Crippen LogP contribution in [0.5, 0.6) is 11.5 Å². The molecule has 2 rings (SSSR count). The lowest BCUT2D eigenvalue weighted by Crippen LogP contribution is -2.35. The van der Waals surface area contributed by atoms with Gasteiger partial charge in [0.2, 0.25) is 0 Å². The Hall–Kier alpha value is -1.97. The molecule has 0 bridgehead atoms. The molecule has 1 aliphatic rings. The Balaban J connectivity index is 2.15. The topological polar surface area (TPSA) is 55.8 Å². The number of rotatable bonds is 13. The average Bonchev–Trinajstić information content (AvgIpc) is 2.76. The number of aliphatic carboxylic acids is 1. The van der Waals surface area contributed by atoms with Crippen molar-refractivity contribution in [2.45, 2.75) is 125 Å². The molecule has 0 radical (unpaired) electrons. The molecule has 4 heteroatoms. The Labute approximate surface area is 208 Å². The molecule has 0 aliphatic carbocycles. The second-order valence-electron chi connectivity index (χ2n) is 11.1. The van der Waals surface area contributed by atoms with Gasteiger partial charge in [0.05, 0.1) is 0 Å². The van der Waals surface area contributed by atoms with Gasteiger partial charge in [-0.05, 0) is 94.4 Å². The van der Waals surface area contributed by atoms with Gasteiger partial charge in [0, 0.05) is 5.56 Å². The van der Waals surface area contributed by atoms with E-state index in [4.69, 9.17) is 9.47 Å². The van der Waals surface area contributed by atoms with Gasteiger partial charge < -0.3 is 14.6 Å². The van der Waals surface area contributed by atoms with E-state index in [1.165, 1.54) is 19.3 Å². The van der Waals surface area contributed by atoms with Crippen LogP contribution in [-0.2, 0) is 11.2 Å². The van der Waals surface area contributed by atoms with Crippen LogP contribution < -0.4 is 9.47 Å². The van der Waals surface area contributed by atoms with Crippen LogP contribution in [0.3, 0.4) is 0 Å². The average molecular weight is 473 g/mol. The summed E-state index contributed by atoms with van der Waals surface area (Å²) in [5, 5.41) is 9.66. The highest BCUT2D eigenvalue weighted by Gasteiger charge is 2.33. The van der Waals surface area contributed by atoms with Crippen molar-refractivity contribution in [3.8, 4) is 11.5 Å². The molecule has 1 heterocycles. The van der Waals surface area contributed by atoms with E-state index in [0.717, 1.165) is 71.8 Å². The number of carboxylic acids is 1. The predicted molar refractivity (Wildman–Crippen MR) is 141 cm³/mol. The second kappa shape index (κ2) is 12.7. The summed E-state index contributed by atoms with van der Waals surface area (Å²) < 4.78 is 12.7. The molecule has 0 saturated carbocycles. The molecule has 0 aromatic heterocycles. The van der Waals surface area contributed by atoms with Gasteiger partial charge >= 0.3 is 5.97 Å². The lowest BCUT2D eigenvalue weighted by atomic mass is 9.86. The summed E-state index contributed by atoms with van der Waals surface area (Å²) in [6.07, 6.45) is 12.8. The maximum Gasteiger partial charge on any atom is 0.344 e. The van der Waals surface area contributed by atoms with Crippen molar-refractivity contribution in [1.29, 1.82) is 0 Å². The summed E-state index contributed by atoms with van der Waals surface area (Å²) in [5.74, 6) is 2.25. The van der Waals surface area contributed by atoms with Crippen LogP contribution in [0.4, 0.5) is 0 Å². The molecule has 1 aromatic rings. The molecule has 0 fully saturated rings. The van der Waals surface area contributed by atoms with E-state index in [-0.39, 0.29) is 5.60 Å². The van der Waals surface area contributed by atoms with Crippen LogP contribution in [0.1, 0.15) is 108 Å². The number of unbranched alkanes of at least 4 members (excludes halogenated alkanes) is 1. The van der Waals surface area contributed by atoms with Crippen LogP contribution in [0, 0.1) is 32.6 Å². The van der Waals surface area contributed by atoms with Crippen molar-refractivity contribution in [2.75, 3.05) is 0 Å². The monoisotopic (exact) mass is 472 g/mol. The first-order valence-electron chi connectivity index (χ1n) is 13.4. The van der Waals surface area contributed by atoms with Gasteiger partial charge in [0.25, 0.3) is 0 Å². The largest absolute Gasteiger partial charge is 0.483 e. The van der Waals surface area contributed by atoms with Crippen molar-refractivity contribution in [1.82, 2.24) is 0 Å². The minimum atomic E-state index is -0.893. The number of benzene rings is 1. The molecule has 3 unspecified atom stereocenters. The van der Waals surface area contributed by atoms with E-state index in [2.05, 4.69) is 53.7 Å². The smallest absolute Gasteiger partial charge is 0.344 e. The molecule has 3 atom stereocenters. The second-order valence-corrected chi connectivity index (χ2v) is 11.1. The van der Waals surface area contributed by atoms with Gasteiger partial charge in [-0.1, -0.05) is 59.5 Å². The Kier molecular flexibility index (Phi) is 10.5. The molecule has 4 nitrogen and oxygen atoms in total.